The van der Waals surface area contributed by atoms with Crippen molar-refractivity contribution in [2.24, 2.45) is 4.99 Å². The fraction of sp³-hybridized carbons (Fsp3) is 0.286. The number of amides is 1. The second kappa shape index (κ2) is 9.29. The Morgan fingerprint density at radius 1 is 0.853 bits per heavy atom. The number of anilines is 2. The molecular weight excluding hydrogens is 427 g/mol. The molecule has 6 heteroatoms. The molecule has 1 fully saturated rings. The van der Waals surface area contributed by atoms with E-state index in [4.69, 9.17) is 4.99 Å². The number of aryl methyl sites for hydroxylation is 2. The SMILES string of the molecule is Cc1cc(C)cc(N2C(=O)C(Cc3ccccc3)N=C2N2CCN(c3ccccc3F)CC2)c1. The number of hydrogen-bond donors (Lipinski definition) is 0. The van der Waals surface area contributed by atoms with E-state index in [-0.39, 0.29) is 11.7 Å². The van der Waals surface area contributed by atoms with Crippen molar-refractivity contribution in [3.05, 3.63) is 95.3 Å². The van der Waals surface area contributed by atoms with Crippen LogP contribution in [0.15, 0.2) is 77.8 Å². The number of aliphatic imine (C=N–C) groups is 1. The van der Waals surface area contributed by atoms with Gasteiger partial charge >= 0.3 is 0 Å². The molecule has 0 spiro atoms. The van der Waals surface area contributed by atoms with Gasteiger partial charge in [-0.05, 0) is 54.8 Å². The number of para-hydroxylation sites is 1. The first kappa shape index (κ1) is 22.1. The molecule has 0 aromatic heterocycles. The van der Waals surface area contributed by atoms with Gasteiger partial charge in [0.2, 0.25) is 5.96 Å². The van der Waals surface area contributed by atoms with Crippen LogP contribution >= 0.6 is 0 Å². The minimum Gasteiger partial charge on any atom is -0.366 e. The van der Waals surface area contributed by atoms with Crippen LogP contribution in [0.5, 0.6) is 0 Å². The van der Waals surface area contributed by atoms with E-state index < -0.39 is 6.04 Å². The molecule has 3 aromatic rings. The van der Waals surface area contributed by atoms with Gasteiger partial charge in [-0.15, -0.1) is 0 Å². The van der Waals surface area contributed by atoms with Gasteiger partial charge in [-0.2, -0.15) is 0 Å². The third-order valence-corrected chi connectivity index (χ3v) is 6.47. The van der Waals surface area contributed by atoms with Crippen LogP contribution in [-0.2, 0) is 11.2 Å². The Kier molecular flexibility index (Phi) is 6.05. The van der Waals surface area contributed by atoms with Gasteiger partial charge < -0.3 is 9.80 Å². The van der Waals surface area contributed by atoms with Gasteiger partial charge in [-0.3, -0.25) is 4.79 Å². The summed E-state index contributed by atoms with van der Waals surface area (Å²) in [6.07, 6.45) is 0.569. The summed E-state index contributed by atoms with van der Waals surface area (Å²) in [7, 11) is 0. The first-order chi connectivity index (χ1) is 16.5. The van der Waals surface area contributed by atoms with Crippen LogP contribution in [0.3, 0.4) is 0 Å². The molecule has 34 heavy (non-hydrogen) atoms. The molecule has 0 saturated carbocycles. The lowest BCUT2D eigenvalue weighted by Crippen LogP contribution is -2.53. The second-order valence-electron chi connectivity index (χ2n) is 9.08. The third kappa shape index (κ3) is 4.40. The lowest BCUT2D eigenvalue weighted by Gasteiger charge is -2.38. The van der Waals surface area contributed by atoms with Gasteiger partial charge in [-0.1, -0.05) is 48.5 Å². The van der Waals surface area contributed by atoms with E-state index in [0.29, 0.717) is 44.2 Å². The van der Waals surface area contributed by atoms with E-state index in [1.54, 1.807) is 11.0 Å². The zero-order valence-electron chi connectivity index (χ0n) is 19.6. The van der Waals surface area contributed by atoms with E-state index >= 15 is 0 Å². The number of guanidine groups is 1. The maximum Gasteiger partial charge on any atom is 0.259 e. The van der Waals surface area contributed by atoms with Crippen molar-refractivity contribution in [1.29, 1.82) is 0 Å². The van der Waals surface area contributed by atoms with Gasteiger partial charge in [0.15, 0.2) is 0 Å². The van der Waals surface area contributed by atoms with Gasteiger partial charge in [0, 0.05) is 32.6 Å². The molecule has 1 amide bonds. The fourth-order valence-electron chi connectivity index (χ4n) is 4.87. The molecule has 1 atom stereocenters. The van der Waals surface area contributed by atoms with Crippen LogP contribution in [0.4, 0.5) is 15.8 Å². The third-order valence-electron chi connectivity index (χ3n) is 6.47. The fourth-order valence-corrected chi connectivity index (χ4v) is 4.87. The molecule has 2 aliphatic rings. The van der Waals surface area contributed by atoms with Gasteiger partial charge in [-0.25, -0.2) is 14.3 Å². The quantitative estimate of drug-likeness (QED) is 0.577. The maximum atomic E-state index is 14.3. The highest BCUT2D eigenvalue weighted by Crippen LogP contribution is 2.28. The highest BCUT2D eigenvalue weighted by atomic mass is 19.1. The Hall–Kier alpha value is -3.67. The Labute approximate surface area is 200 Å². The number of piperazine rings is 1. The summed E-state index contributed by atoms with van der Waals surface area (Å²) < 4.78 is 14.3. The van der Waals surface area contributed by atoms with E-state index in [1.165, 1.54) is 6.07 Å². The van der Waals surface area contributed by atoms with Crippen molar-refractivity contribution in [1.82, 2.24) is 4.90 Å². The molecule has 0 aliphatic carbocycles. The number of hydrogen-bond acceptors (Lipinski definition) is 4. The van der Waals surface area contributed by atoms with Gasteiger partial charge in [0.1, 0.15) is 11.9 Å². The maximum absolute atomic E-state index is 14.3. The van der Waals surface area contributed by atoms with Crippen molar-refractivity contribution in [2.75, 3.05) is 36.0 Å². The Morgan fingerprint density at radius 2 is 1.47 bits per heavy atom. The lowest BCUT2D eigenvalue weighted by atomic mass is 10.1. The van der Waals surface area contributed by atoms with Crippen molar-refractivity contribution in [3.63, 3.8) is 0 Å². The molecule has 0 N–H and O–H groups in total. The first-order valence-electron chi connectivity index (χ1n) is 11.8. The van der Waals surface area contributed by atoms with Crippen molar-refractivity contribution >= 4 is 23.2 Å². The largest absolute Gasteiger partial charge is 0.366 e. The second-order valence-corrected chi connectivity index (χ2v) is 9.08. The number of halogens is 1. The van der Waals surface area contributed by atoms with Crippen LogP contribution in [0, 0.1) is 19.7 Å². The highest BCUT2D eigenvalue weighted by molar-refractivity contribution is 6.22. The first-order valence-corrected chi connectivity index (χ1v) is 11.8. The van der Waals surface area contributed by atoms with E-state index in [9.17, 15) is 9.18 Å². The number of benzene rings is 3. The smallest absolute Gasteiger partial charge is 0.259 e. The van der Waals surface area contributed by atoms with E-state index in [2.05, 4.69) is 15.9 Å². The Morgan fingerprint density at radius 3 is 2.15 bits per heavy atom. The van der Waals surface area contributed by atoms with Crippen LogP contribution in [0.2, 0.25) is 0 Å². The van der Waals surface area contributed by atoms with Crippen LogP contribution in [0.25, 0.3) is 0 Å². The molecule has 0 bridgehead atoms. The van der Waals surface area contributed by atoms with E-state index in [0.717, 1.165) is 22.4 Å². The molecule has 3 aromatic carbocycles. The average Bonchev–Trinajstić information content (AvgIpc) is 3.15. The molecule has 174 valence electrons. The molecule has 1 saturated heterocycles. The molecule has 5 nitrogen and oxygen atoms in total. The summed E-state index contributed by atoms with van der Waals surface area (Å²) in [5.74, 6) is 0.494. The zero-order valence-corrected chi connectivity index (χ0v) is 19.6. The minimum atomic E-state index is -0.456. The average molecular weight is 457 g/mol. The summed E-state index contributed by atoms with van der Waals surface area (Å²) in [4.78, 5) is 24.6. The number of carbonyl (C=O) groups is 1. The van der Waals surface area contributed by atoms with E-state index in [1.807, 2.05) is 68.4 Å². The number of nitrogens with zero attached hydrogens (tertiary/aromatic N) is 4. The summed E-state index contributed by atoms with van der Waals surface area (Å²) in [6.45, 7) is 6.75. The standard InChI is InChI=1S/C28H29FN4O/c1-20-16-21(2)18-23(17-20)33-27(34)25(19-22-8-4-3-5-9-22)30-28(33)32-14-12-31(13-15-32)26-11-7-6-10-24(26)29/h3-11,16-18,25H,12-15,19H2,1-2H3. The van der Waals surface area contributed by atoms with Gasteiger partial charge in [0.05, 0.1) is 11.4 Å². The number of rotatable bonds is 4. The Bertz CT molecular complexity index is 1200. The van der Waals surface area contributed by atoms with Crippen LogP contribution in [-0.4, -0.2) is 49.0 Å². The topological polar surface area (TPSA) is 39.2 Å². The van der Waals surface area contributed by atoms with Crippen molar-refractivity contribution < 1.29 is 9.18 Å². The van der Waals surface area contributed by atoms with Crippen LogP contribution in [0.1, 0.15) is 16.7 Å². The van der Waals surface area contributed by atoms with Crippen LogP contribution < -0.4 is 9.80 Å². The Balaban J connectivity index is 1.42. The monoisotopic (exact) mass is 456 g/mol. The zero-order chi connectivity index (χ0) is 23.7. The predicted octanol–water partition coefficient (Wildman–Crippen LogP) is 4.58. The summed E-state index contributed by atoms with van der Waals surface area (Å²) in [5.41, 5.74) is 4.79. The predicted molar refractivity (Wildman–Crippen MR) is 135 cm³/mol. The minimum absolute atomic E-state index is 0.000358. The lowest BCUT2D eigenvalue weighted by molar-refractivity contribution is -0.118. The van der Waals surface area contributed by atoms with Gasteiger partial charge in [0.25, 0.3) is 5.91 Å². The summed E-state index contributed by atoms with van der Waals surface area (Å²) in [6, 6.07) is 22.7. The summed E-state index contributed by atoms with van der Waals surface area (Å²) in [5, 5.41) is 0. The molecule has 2 aliphatic heterocycles. The molecule has 5 rings (SSSR count). The molecule has 0 radical (unpaired) electrons. The summed E-state index contributed by atoms with van der Waals surface area (Å²) >= 11 is 0. The van der Waals surface area contributed by atoms with Crippen molar-refractivity contribution in [2.45, 2.75) is 26.3 Å². The number of carbonyl (C=O) groups excluding carboxylic acids is 1. The molecular formula is C28H29FN4O. The normalized spacial score (nSPS) is 18.4. The van der Waals surface area contributed by atoms with Crippen molar-refractivity contribution in [3.8, 4) is 0 Å². The highest BCUT2D eigenvalue weighted by Gasteiger charge is 2.39. The molecule has 2 heterocycles. The molecule has 1 unspecified atom stereocenters.